The molecule has 1 aromatic carbocycles. The lowest BCUT2D eigenvalue weighted by Crippen LogP contribution is -2.01. The number of hydrogen-bond acceptors (Lipinski definition) is 2. The van der Waals surface area contributed by atoms with E-state index in [-0.39, 0.29) is 11.2 Å². The number of ketones is 1. The van der Waals surface area contributed by atoms with E-state index in [2.05, 4.69) is 20.8 Å². The van der Waals surface area contributed by atoms with Crippen LogP contribution in [-0.2, 0) is 0 Å². The van der Waals surface area contributed by atoms with Gasteiger partial charge in [-0.2, -0.15) is 0 Å². The Hall–Kier alpha value is -1.57. The molecule has 86 valence electrons. The summed E-state index contributed by atoms with van der Waals surface area (Å²) in [7, 11) is 1.61. The molecule has 0 radical (unpaired) electrons. The summed E-state index contributed by atoms with van der Waals surface area (Å²) in [6.07, 6.45) is 3.54. The fourth-order valence-corrected chi connectivity index (χ4v) is 1.18. The number of methoxy groups -OCH3 is 1. The van der Waals surface area contributed by atoms with E-state index in [4.69, 9.17) is 4.74 Å². The lowest BCUT2D eigenvalue weighted by molar-refractivity contribution is 0.104. The van der Waals surface area contributed by atoms with Crippen molar-refractivity contribution >= 4 is 5.78 Å². The Kier molecular flexibility index (Phi) is 3.88. The second-order valence-electron chi connectivity index (χ2n) is 4.79. The SMILES string of the molecule is COc1ccc(C(=O)/C=C/C(C)(C)C)cc1. The third kappa shape index (κ3) is 3.89. The molecule has 0 aliphatic heterocycles. The minimum atomic E-state index is 0.0255. The van der Waals surface area contributed by atoms with Crippen LogP contribution < -0.4 is 4.74 Å². The van der Waals surface area contributed by atoms with E-state index in [1.54, 1.807) is 37.5 Å². The van der Waals surface area contributed by atoms with Gasteiger partial charge in [-0.25, -0.2) is 0 Å². The number of ether oxygens (including phenoxy) is 1. The zero-order chi connectivity index (χ0) is 12.2. The van der Waals surface area contributed by atoms with E-state index in [1.165, 1.54) is 0 Å². The van der Waals surface area contributed by atoms with Crippen LogP contribution in [0, 0.1) is 5.41 Å². The van der Waals surface area contributed by atoms with Crippen LogP contribution in [0.1, 0.15) is 31.1 Å². The van der Waals surface area contributed by atoms with Crippen LogP contribution in [0.3, 0.4) is 0 Å². The van der Waals surface area contributed by atoms with Crippen molar-refractivity contribution in [3.8, 4) is 5.75 Å². The summed E-state index contributed by atoms with van der Waals surface area (Å²) in [6.45, 7) is 6.18. The highest BCUT2D eigenvalue weighted by molar-refractivity contribution is 6.04. The fourth-order valence-electron chi connectivity index (χ4n) is 1.18. The van der Waals surface area contributed by atoms with Crippen LogP contribution in [-0.4, -0.2) is 12.9 Å². The minimum absolute atomic E-state index is 0.0255. The van der Waals surface area contributed by atoms with Crippen molar-refractivity contribution < 1.29 is 9.53 Å². The zero-order valence-electron chi connectivity index (χ0n) is 10.3. The van der Waals surface area contributed by atoms with Gasteiger partial charge in [-0.15, -0.1) is 0 Å². The first kappa shape index (κ1) is 12.5. The molecule has 0 spiro atoms. The summed E-state index contributed by atoms with van der Waals surface area (Å²) in [6, 6.07) is 7.12. The van der Waals surface area contributed by atoms with Gasteiger partial charge in [0.05, 0.1) is 7.11 Å². The third-order valence-corrected chi connectivity index (χ3v) is 2.11. The van der Waals surface area contributed by atoms with Crippen LogP contribution in [0.25, 0.3) is 0 Å². The van der Waals surface area contributed by atoms with Gasteiger partial charge < -0.3 is 4.74 Å². The van der Waals surface area contributed by atoms with E-state index in [0.29, 0.717) is 5.56 Å². The summed E-state index contributed by atoms with van der Waals surface area (Å²) in [5, 5.41) is 0. The highest BCUT2D eigenvalue weighted by Crippen LogP contribution is 2.16. The summed E-state index contributed by atoms with van der Waals surface area (Å²) < 4.78 is 5.03. The number of allylic oxidation sites excluding steroid dienone is 2. The third-order valence-electron chi connectivity index (χ3n) is 2.11. The van der Waals surface area contributed by atoms with E-state index in [1.807, 2.05) is 6.08 Å². The number of benzene rings is 1. The van der Waals surface area contributed by atoms with Gasteiger partial charge >= 0.3 is 0 Å². The summed E-state index contributed by atoms with van der Waals surface area (Å²) in [5.41, 5.74) is 0.712. The molecule has 2 heteroatoms. The first-order valence-corrected chi connectivity index (χ1v) is 5.30. The molecule has 0 aromatic heterocycles. The van der Waals surface area contributed by atoms with Crippen molar-refractivity contribution in [2.45, 2.75) is 20.8 Å². The maximum atomic E-state index is 11.8. The van der Waals surface area contributed by atoms with E-state index < -0.39 is 0 Å². The van der Waals surface area contributed by atoms with Crippen molar-refractivity contribution in [2.24, 2.45) is 5.41 Å². The summed E-state index contributed by atoms with van der Waals surface area (Å²) >= 11 is 0. The molecule has 0 fully saturated rings. The van der Waals surface area contributed by atoms with Gasteiger partial charge in [0.1, 0.15) is 5.75 Å². The molecule has 1 aromatic rings. The monoisotopic (exact) mass is 218 g/mol. The van der Waals surface area contributed by atoms with Crippen molar-refractivity contribution in [1.82, 2.24) is 0 Å². The molecule has 0 saturated heterocycles. The summed E-state index contributed by atoms with van der Waals surface area (Å²) in [5.74, 6) is 0.786. The fraction of sp³-hybridized carbons (Fsp3) is 0.357. The second-order valence-corrected chi connectivity index (χ2v) is 4.79. The molecule has 2 nitrogen and oxygen atoms in total. The maximum Gasteiger partial charge on any atom is 0.185 e. The predicted octanol–water partition coefficient (Wildman–Crippen LogP) is 3.48. The van der Waals surface area contributed by atoms with Crippen LogP contribution in [0.2, 0.25) is 0 Å². The first-order valence-electron chi connectivity index (χ1n) is 5.30. The number of carbonyl (C=O) groups excluding carboxylic acids is 1. The quantitative estimate of drug-likeness (QED) is 0.573. The predicted molar refractivity (Wildman–Crippen MR) is 65.9 cm³/mol. The average molecular weight is 218 g/mol. The Bertz CT molecular complexity index is 380. The first-order chi connectivity index (χ1) is 7.42. The van der Waals surface area contributed by atoms with E-state index in [0.717, 1.165) is 5.75 Å². The number of hydrogen-bond donors (Lipinski definition) is 0. The van der Waals surface area contributed by atoms with Crippen molar-refractivity contribution in [2.75, 3.05) is 7.11 Å². The molecule has 0 heterocycles. The van der Waals surface area contributed by atoms with Gasteiger partial charge in [0, 0.05) is 5.56 Å². The molecule has 1 rings (SSSR count). The molecule has 0 bridgehead atoms. The number of carbonyl (C=O) groups is 1. The van der Waals surface area contributed by atoms with E-state index in [9.17, 15) is 4.79 Å². The topological polar surface area (TPSA) is 26.3 Å². The van der Waals surface area contributed by atoms with Crippen LogP contribution in [0.15, 0.2) is 36.4 Å². The Morgan fingerprint density at radius 3 is 2.19 bits per heavy atom. The van der Waals surface area contributed by atoms with Gasteiger partial charge in [0.15, 0.2) is 5.78 Å². The smallest absolute Gasteiger partial charge is 0.185 e. The lowest BCUT2D eigenvalue weighted by atomic mass is 9.95. The van der Waals surface area contributed by atoms with Crippen molar-refractivity contribution in [1.29, 1.82) is 0 Å². The molecule has 0 aliphatic carbocycles. The van der Waals surface area contributed by atoms with E-state index >= 15 is 0 Å². The Morgan fingerprint density at radius 1 is 1.19 bits per heavy atom. The van der Waals surface area contributed by atoms with Crippen molar-refractivity contribution in [3.63, 3.8) is 0 Å². The molecule has 0 saturated carbocycles. The Labute approximate surface area is 96.9 Å². The average Bonchev–Trinajstić information content (AvgIpc) is 2.25. The highest BCUT2D eigenvalue weighted by atomic mass is 16.5. The molecule has 0 aliphatic rings. The van der Waals surface area contributed by atoms with Crippen molar-refractivity contribution in [3.05, 3.63) is 42.0 Å². The van der Waals surface area contributed by atoms with Gasteiger partial charge in [0.25, 0.3) is 0 Å². The molecule has 0 amide bonds. The molecular formula is C14H18O2. The van der Waals surface area contributed by atoms with Crippen LogP contribution >= 0.6 is 0 Å². The summed E-state index contributed by atoms with van der Waals surface area (Å²) in [4.78, 5) is 11.8. The lowest BCUT2D eigenvalue weighted by Gasteiger charge is -2.10. The molecule has 0 unspecified atom stereocenters. The van der Waals surface area contributed by atoms with Crippen LogP contribution in [0.5, 0.6) is 5.75 Å². The Morgan fingerprint density at radius 2 is 1.75 bits per heavy atom. The van der Waals surface area contributed by atoms with Gasteiger partial charge in [-0.05, 0) is 35.8 Å². The molecule has 16 heavy (non-hydrogen) atoms. The van der Waals surface area contributed by atoms with Gasteiger partial charge in [-0.1, -0.05) is 26.8 Å². The highest BCUT2D eigenvalue weighted by Gasteiger charge is 2.07. The van der Waals surface area contributed by atoms with Gasteiger partial charge in [-0.3, -0.25) is 4.79 Å². The van der Waals surface area contributed by atoms with Crippen LogP contribution in [0.4, 0.5) is 0 Å². The molecule has 0 N–H and O–H groups in total. The number of rotatable bonds is 3. The zero-order valence-corrected chi connectivity index (χ0v) is 10.3. The normalized spacial score (nSPS) is 11.8. The second kappa shape index (κ2) is 4.97. The largest absolute Gasteiger partial charge is 0.497 e. The molecule has 0 atom stereocenters. The molecular weight excluding hydrogens is 200 g/mol. The minimum Gasteiger partial charge on any atom is -0.497 e. The maximum absolute atomic E-state index is 11.8. The Balaban J connectivity index is 2.77. The standard InChI is InChI=1S/C14H18O2/c1-14(2,3)10-9-13(15)11-5-7-12(16-4)8-6-11/h5-10H,1-4H3/b10-9+. The van der Waals surface area contributed by atoms with Gasteiger partial charge in [0.2, 0.25) is 0 Å².